The highest BCUT2D eigenvalue weighted by molar-refractivity contribution is 8.21. The largest absolute Gasteiger partial charge is 0.143 e. The highest BCUT2D eigenvalue weighted by Gasteiger charge is 2.35. The zero-order valence-electron chi connectivity index (χ0n) is 12.1. The summed E-state index contributed by atoms with van der Waals surface area (Å²) in [4.78, 5) is 0. The van der Waals surface area contributed by atoms with Crippen molar-refractivity contribution in [2.45, 2.75) is 70.3 Å². The maximum atomic E-state index is 2.45. The minimum atomic E-state index is 0.587. The van der Waals surface area contributed by atoms with Crippen LogP contribution in [0, 0.1) is 11.8 Å². The Hall–Kier alpha value is 0.700. The van der Waals surface area contributed by atoms with Crippen LogP contribution < -0.4 is 0 Å². The van der Waals surface area contributed by atoms with Crippen molar-refractivity contribution in [1.29, 1.82) is 0 Å². The Labute approximate surface area is 117 Å². The molecule has 1 aliphatic rings. The Morgan fingerprint density at radius 1 is 1.06 bits per heavy atom. The van der Waals surface area contributed by atoms with Crippen LogP contribution in [0.15, 0.2) is 0 Å². The van der Waals surface area contributed by atoms with E-state index < -0.39 is 0 Å². The molecular formula is C15H30S2. The molecule has 1 heterocycles. The summed E-state index contributed by atoms with van der Waals surface area (Å²) >= 11 is 4.52. The smallest absolute Gasteiger partial charge is 0.0614 e. The molecule has 1 aliphatic heterocycles. The zero-order valence-corrected chi connectivity index (χ0v) is 13.8. The second kappa shape index (κ2) is 7.99. The lowest BCUT2D eigenvalue weighted by Crippen LogP contribution is -2.21. The van der Waals surface area contributed by atoms with Crippen LogP contribution in [0.4, 0.5) is 0 Å². The molecule has 0 N–H and O–H groups in total. The molecule has 1 atom stereocenters. The summed E-state index contributed by atoms with van der Waals surface area (Å²) in [5.41, 5.74) is 0. The molecule has 0 bridgehead atoms. The van der Waals surface area contributed by atoms with Crippen molar-refractivity contribution in [1.82, 2.24) is 0 Å². The van der Waals surface area contributed by atoms with Crippen LogP contribution in [0.5, 0.6) is 0 Å². The van der Waals surface area contributed by atoms with Crippen LogP contribution >= 0.6 is 23.5 Å². The van der Waals surface area contributed by atoms with Gasteiger partial charge in [0, 0.05) is 11.5 Å². The predicted molar refractivity (Wildman–Crippen MR) is 85.0 cm³/mol. The molecule has 0 amide bonds. The third-order valence-electron chi connectivity index (χ3n) is 3.59. The minimum absolute atomic E-state index is 0.587. The Balaban J connectivity index is 2.39. The third-order valence-corrected chi connectivity index (χ3v) is 7.17. The van der Waals surface area contributed by atoms with Gasteiger partial charge in [0.15, 0.2) is 0 Å². The van der Waals surface area contributed by atoms with Crippen LogP contribution in [0.2, 0.25) is 0 Å². The van der Waals surface area contributed by atoms with Gasteiger partial charge in [-0.2, -0.15) is 0 Å². The van der Waals surface area contributed by atoms with E-state index in [1.54, 1.807) is 0 Å². The fourth-order valence-corrected chi connectivity index (χ4v) is 6.39. The van der Waals surface area contributed by atoms with Crippen molar-refractivity contribution in [2.75, 3.05) is 11.5 Å². The molecule has 17 heavy (non-hydrogen) atoms. The molecule has 0 spiro atoms. The minimum Gasteiger partial charge on any atom is -0.143 e. The third kappa shape index (κ3) is 5.92. The van der Waals surface area contributed by atoms with Gasteiger partial charge in [-0.15, -0.1) is 23.5 Å². The van der Waals surface area contributed by atoms with Crippen LogP contribution in [0.1, 0.15) is 66.2 Å². The van der Waals surface area contributed by atoms with E-state index in [4.69, 9.17) is 0 Å². The Morgan fingerprint density at radius 3 is 2.24 bits per heavy atom. The first-order chi connectivity index (χ1) is 8.08. The molecule has 1 fully saturated rings. The van der Waals surface area contributed by atoms with Crippen molar-refractivity contribution in [3.63, 3.8) is 0 Å². The van der Waals surface area contributed by atoms with Gasteiger partial charge in [0.2, 0.25) is 0 Å². The van der Waals surface area contributed by atoms with Gasteiger partial charge in [0.1, 0.15) is 0 Å². The van der Waals surface area contributed by atoms with E-state index >= 15 is 0 Å². The SMILES string of the molecule is CCCC(C)CC1(CCCC(C)C)SCCS1. The molecule has 2 heteroatoms. The lowest BCUT2D eigenvalue weighted by Gasteiger charge is -2.30. The van der Waals surface area contributed by atoms with E-state index in [1.807, 2.05) is 0 Å². The molecule has 1 saturated heterocycles. The van der Waals surface area contributed by atoms with Gasteiger partial charge in [0.05, 0.1) is 4.08 Å². The molecule has 0 nitrogen and oxygen atoms in total. The normalized spacial score (nSPS) is 21.0. The molecule has 0 aromatic rings. The fraction of sp³-hybridized carbons (Fsp3) is 1.00. The van der Waals surface area contributed by atoms with E-state index in [0.717, 1.165) is 11.8 Å². The number of rotatable bonds is 8. The maximum absolute atomic E-state index is 2.45. The van der Waals surface area contributed by atoms with Gasteiger partial charge < -0.3 is 0 Å². The lowest BCUT2D eigenvalue weighted by atomic mass is 9.96. The Morgan fingerprint density at radius 2 is 1.71 bits per heavy atom. The zero-order chi connectivity index (χ0) is 12.7. The summed E-state index contributed by atoms with van der Waals surface area (Å²) in [7, 11) is 0. The monoisotopic (exact) mass is 274 g/mol. The van der Waals surface area contributed by atoms with Crippen molar-refractivity contribution < 1.29 is 0 Å². The second-order valence-electron chi connectivity index (χ2n) is 5.99. The molecule has 0 aromatic heterocycles. The highest BCUT2D eigenvalue weighted by Crippen LogP contribution is 2.51. The quantitative estimate of drug-likeness (QED) is 0.547. The first-order valence-electron chi connectivity index (χ1n) is 7.36. The van der Waals surface area contributed by atoms with Gasteiger partial charge in [-0.1, -0.05) is 53.4 Å². The maximum Gasteiger partial charge on any atom is 0.0614 e. The first-order valence-corrected chi connectivity index (χ1v) is 9.33. The summed E-state index contributed by atoms with van der Waals surface area (Å²) in [6.45, 7) is 9.46. The first kappa shape index (κ1) is 15.8. The van der Waals surface area contributed by atoms with Crippen LogP contribution in [-0.4, -0.2) is 15.6 Å². The molecular weight excluding hydrogens is 244 g/mol. The summed E-state index contributed by atoms with van der Waals surface area (Å²) < 4.78 is 0.587. The molecule has 0 radical (unpaired) electrons. The van der Waals surface area contributed by atoms with E-state index in [2.05, 4.69) is 51.2 Å². The molecule has 0 aromatic carbocycles. The summed E-state index contributed by atoms with van der Waals surface area (Å²) in [6, 6.07) is 0. The van der Waals surface area contributed by atoms with Gasteiger partial charge >= 0.3 is 0 Å². The molecule has 0 saturated carbocycles. The topological polar surface area (TPSA) is 0 Å². The van der Waals surface area contributed by atoms with Crippen molar-refractivity contribution in [2.24, 2.45) is 11.8 Å². The van der Waals surface area contributed by atoms with E-state index in [0.29, 0.717) is 4.08 Å². The van der Waals surface area contributed by atoms with E-state index in [-0.39, 0.29) is 0 Å². The molecule has 0 aliphatic carbocycles. The highest BCUT2D eigenvalue weighted by atomic mass is 32.2. The average molecular weight is 275 g/mol. The van der Waals surface area contributed by atoms with Gasteiger partial charge in [-0.25, -0.2) is 0 Å². The van der Waals surface area contributed by atoms with Gasteiger partial charge in [-0.05, 0) is 24.7 Å². The van der Waals surface area contributed by atoms with Gasteiger partial charge in [0.25, 0.3) is 0 Å². The fourth-order valence-electron chi connectivity index (χ4n) is 2.77. The number of hydrogen-bond donors (Lipinski definition) is 0. The van der Waals surface area contributed by atoms with Crippen molar-refractivity contribution in [3.05, 3.63) is 0 Å². The molecule has 1 unspecified atom stereocenters. The van der Waals surface area contributed by atoms with E-state index in [1.165, 1.54) is 50.0 Å². The molecule has 102 valence electrons. The van der Waals surface area contributed by atoms with Crippen molar-refractivity contribution >= 4 is 23.5 Å². The Kier molecular flexibility index (Phi) is 7.40. The van der Waals surface area contributed by atoms with Crippen molar-refractivity contribution in [3.8, 4) is 0 Å². The number of thioether (sulfide) groups is 2. The number of hydrogen-bond acceptors (Lipinski definition) is 2. The summed E-state index contributed by atoms with van der Waals surface area (Å²) in [6.07, 6.45) is 8.47. The van der Waals surface area contributed by atoms with Crippen LogP contribution in [0.25, 0.3) is 0 Å². The standard InChI is InChI=1S/C15H30S2/c1-5-7-14(4)12-15(16-10-11-17-15)9-6-8-13(2)3/h13-14H,5-12H2,1-4H3. The predicted octanol–water partition coefficient (Wildman–Crippen LogP) is 5.82. The lowest BCUT2D eigenvalue weighted by molar-refractivity contribution is 0.435. The summed E-state index contributed by atoms with van der Waals surface area (Å²) in [5.74, 6) is 4.55. The van der Waals surface area contributed by atoms with Gasteiger partial charge in [-0.3, -0.25) is 0 Å². The van der Waals surface area contributed by atoms with Crippen LogP contribution in [0.3, 0.4) is 0 Å². The second-order valence-corrected chi connectivity index (χ2v) is 9.21. The average Bonchev–Trinajstić information content (AvgIpc) is 2.66. The van der Waals surface area contributed by atoms with E-state index in [9.17, 15) is 0 Å². The Bertz CT molecular complexity index is 195. The summed E-state index contributed by atoms with van der Waals surface area (Å²) in [5, 5.41) is 0. The van der Waals surface area contributed by atoms with Crippen LogP contribution in [-0.2, 0) is 0 Å². The molecule has 1 rings (SSSR count).